The minimum Gasteiger partial charge on any atom is -0.507 e. The van der Waals surface area contributed by atoms with Crippen LogP contribution in [-0.4, -0.2) is 70.7 Å². The fourth-order valence-electron chi connectivity index (χ4n) is 4.62. The second-order valence-corrected chi connectivity index (χ2v) is 10.2. The predicted octanol–water partition coefficient (Wildman–Crippen LogP) is 3.18. The number of hydrogen-bond donors (Lipinski definition) is 3. The van der Waals surface area contributed by atoms with E-state index >= 15 is 4.39 Å². The first kappa shape index (κ1) is 27.2. The topological polar surface area (TPSA) is 140 Å². The maximum atomic E-state index is 15.1. The summed E-state index contributed by atoms with van der Waals surface area (Å²) in [5, 5.41) is 32.6. The number of nitrogens with zero attached hydrogens (tertiary/aromatic N) is 6. The number of halogens is 4. The lowest BCUT2D eigenvalue weighted by Gasteiger charge is -2.48. The lowest BCUT2D eigenvalue weighted by molar-refractivity contribution is -0.189. The van der Waals surface area contributed by atoms with Crippen LogP contribution in [0.4, 0.5) is 23.5 Å². The van der Waals surface area contributed by atoms with Crippen molar-refractivity contribution >= 4 is 11.9 Å². The molecule has 4 rings (SSSR count). The van der Waals surface area contributed by atoms with E-state index in [1.807, 2.05) is 13.8 Å². The second kappa shape index (κ2) is 9.45. The van der Waals surface area contributed by atoms with Crippen LogP contribution >= 0.6 is 0 Å². The Morgan fingerprint density at radius 3 is 2.47 bits per heavy atom. The van der Waals surface area contributed by atoms with Gasteiger partial charge in [0.15, 0.2) is 0 Å². The molecule has 1 aliphatic rings. The lowest BCUT2D eigenvalue weighted by Crippen LogP contribution is -2.67. The van der Waals surface area contributed by atoms with Crippen molar-refractivity contribution in [2.45, 2.75) is 63.6 Å². The average molecular weight is 539 g/mol. The molecule has 0 bridgehead atoms. The van der Waals surface area contributed by atoms with Crippen molar-refractivity contribution in [2.75, 3.05) is 5.32 Å². The van der Waals surface area contributed by atoms with E-state index in [1.54, 1.807) is 13.8 Å². The van der Waals surface area contributed by atoms with Crippen molar-refractivity contribution in [3.05, 3.63) is 24.5 Å². The fraction of sp³-hybridized carbons (Fsp3) is 0.478. The Balaban J connectivity index is 1.67. The van der Waals surface area contributed by atoms with E-state index in [4.69, 9.17) is 0 Å². The zero-order valence-corrected chi connectivity index (χ0v) is 21.1. The third-order valence-corrected chi connectivity index (χ3v) is 5.98. The van der Waals surface area contributed by atoms with Gasteiger partial charge in [0.25, 0.3) is 0 Å². The van der Waals surface area contributed by atoms with Gasteiger partial charge in [0, 0.05) is 23.7 Å². The fourth-order valence-corrected chi connectivity index (χ4v) is 4.62. The summed E-state index contributed by atoms with van der Waals surface area (Å²) in [6.07, 6.45) is -3.77. The van der Waals surface area contributed by atoms with Crippen LogP contribution in [0.25, 0.3) is 22.5 Å². The number of phenolic OH excluding ortho intramolecular Hbond substituents is 1. The summed E-state index contributed by atoms with van der Waals surface area (Å²) in [6.45, 7) is 7.36. The largest absolute Gasteiger partial charge is 0.507 e. The minimum absolute atomic E-state index is 0.0283. The molecule has 1 saturated heterocycles. The van der Waals surface area contributed by atoms with Crippen LogP contribution < -0.4 is 15.4 Å². The van der Waals surface area contributed by atoms with Gasteiger partial charge in [0.05, 0.1) is 24.0 Å². The summed E-state index contributed by atoms with van der Waals surface area (Å²) < 4.78 is 58.6. The number of esters is 1. The number of benzene rings is 1. The first-order valence-corrected chi connectivity index (χ1v) is 11.5. The molecule has 15 heteroatoms. The maximum Gasteiger partial charge on any atom is 0.491 e. The normalized spacial score (nSPS) is 20.7. The molecule has 0 unspecified atom stereocenters. The molecule has 1 fully saturated rings. The highest BCUT2D eigenvalue weighted by Gasteiger charge is 2.46. The van der Waals surface area contributed by atoms with E-state index in [9.17, 15) is 23.1 Å². The van der Waals surface area contributed by atoms with Gasteiger partial charge >= 0.3 is 12.1 Å². The van der Waals surface area contributed by atoms with Crippen molar-refractivity contribution in [3.63, 3.8) is 0 Å². The van der Waals surface area contributed by atoms with Crippen LogP contribution in [0.2, 0.25) is 0 Å². The standard InChI is InChI=1S/C23H26F4N8O3/c1-21(2)8-12(18(24)22(3,4)34-21)30-20-28-9-14(31-32-20)17-15(36)6-11(13-10-29-35(5)33-13)7-16(17)38-19(37)23(25,26)27/h6-7,9-10,12,18,34,36H,8H2,1-5H3,(H,28,30,32)/t12-,18-/m0/s1. The van der Waals surface area contributed by atoms with Gasteiger partial charge in [-0.2, -0.15) is 28.2 Å². The van der Waals surface area contributed by atoms with E-state index in [1.165, 1.54) is 24.1 Å². The molecule has 0 radical (unpaired) electrons. The number of aromatic nitrogens is 6. The van der Waals surface area contributed by atoms with E-state index in [-0.39, 0.29) is 34.0 Å². The molecule has 204 valence electrons. The van der Waals surface area contributed by atoms with Gasteiger partial charge in [-0.05, 0) is 46.2 Å². The molecule has 3 heterocycles. The smallest absolute Gasteiger partial charge is 0.491 e. The van der Waals surface area contributed by atoms with Gasteiger partial charge in [-0.3, -0.25) is 0 Å². The van der Waals surface area contributed by atoms with Crippen molar-refractivity contribution < 1.29 is 32.2 Å². The lowest BCUT2D eigenvalue weighted by atomic mass is 9.78. The third-order valence-electron chi connectivity index (χ3n) is 5.98. The molecule has 3 aromatic rings. The number of aromatic hydroxyl groups is 1. The molecule has 2 atom stereocenters. The molecule has 11 nitrogen and oxygen atoms in total. The van der Waals surface area contributed by atoms with Crippen molar-refractivity contribution in [1.29, 1.82) is 0 Å². The summed E-state index contributed by atoms with van der Waals surface area (Å²) in [4.78, 5) is 16.9. The highest BCUT2D eigenvalue weighted by molar-refractivity contribution is 5.85. The van der Waals surface area contributed by atoms with Crippen LogP contribution in [0.5, 0.6) is 11.5 Å². The van der Waals surface area contributed by atoms with Crippen LogP contribution in [0.15, 0.2) is 24.5 Å². The number of alkyl halides is 4. The van der Waals surface area contributed by atoms with Crippen LogP contribution in [0.1, 0.15) is 34.1 Å². The Hall–Kier alpha value is -3.88. The first-order chi connectivity index (χ1) is 17.6. The number of phenols is 1. The van der Waals surface area contributed by atoms with Gasteiger partial charge in [0.2, 0.25) is 5.95 Å². The van der Waals surface area contributed by atoms with Crippen molar-refractivity contribution in [3.8, 4) is 34.0 Å². The maximum absolute atomic E-state index is 15.1. The summed E-state index contributed by atoms with van der Waals surface area (Å²) in [7, 11) is 1.52. The number of carbonyl (C=O) groups excluding carboxylic acids is 1. The number of hydrogen-bond acceptors (Lipinski definition) is 10. The Labute approximate surface area is 214 Å². The van der Waals surface area contributed by atoms with Gasteiger partial charge in [-0.1, -0.05) is 0 Å². The SMILES string of the molecule is Cn1ncc(-c2cc(O)c(-c3cnc(N[C@H]4CC(C)(C)NC(C)(C)[C@H]4F)nn3)c(OC(=O)C(F)(F)F)c2)n1. The summed E-state index contributed by atoms with van der Waals surface area (Å²) >= 11 is 0. The van der Waals surface area contributed by atoms with Crippen LogP contribution in [-0.2, 0) is 11.8 Å². The van der Waals surface area contributed by atoms with Gasteiger partial charge in [-0.25, -0.2) is 14.2 Å². The minimum atomic E-state index is -5.30. The van der Waals surface area contributed by atoms with Crippen molar-refractivity contribution in [2.24, 2.45) is 7.05 Å². The number of piperidine rings is 1. The Morgan fingerprint density at radius 2 is 1.89 bits per heavy atom. The summed E-state index contributed by atoms with van der Waals surface area (Å²) in [5.41, 5.74) is -1.42. The molecule has 0 saturated carbocycles. The molecule has 2 aromatic heterocycles. The first-order valence-electron chi connectivity index (χ1n) is 11.5. The molecule has 0 spiro atoms. The average Bonchev–Trinajstić information content (AvgIpc) is 3.22. The van der Waals surface area contributed by atoms with Crippen molar-refractivity contribution in [1.82, 2.24) is 35.5 Å². The number of carbonyl (C=O) groups is 1. The van der Waals surface area contributed by atoms with E-state index in [0.717, 1.165) is 12.3 Å². The molecule has 1 aliphatic heterocycles. The number of aryl methyl sites for hydroxylation is 1. The Bertz CT molecular complexity index is 1340. The molecule has 38 heavy (non-hydrogen) atoms. The molecule has 0 amide bonds. The Morgan fingerprint density at radius 1 is 1.18 bits per heavy atom. The number of ether oxygens (including phenoxy) is 1. The van der Waals surface area contributed by atoms with Crippen LogP contribution in [0.3, 0.4) is 0 Å². The predicted molar refractivity (Wildman–Crippen MR) is 127 cm³/mol. The quantitative estimate of drug-likeness (QED) is 0.252. The monoisotopic (exact) mass is 538 g/mol. The summed E-state index contributed by atoms with van der Waals surface area (Å²) in [5.74, 6) is -3.74. The second-order valence-electron chi connectivity index (χ2n) is 10.2. The van der Waals surface area contributed by atoms with Crippen LogP contribution in [0, 0.1) is 0 Å². The molecule has 3 N–H and O–H groups in total. The van der Waals surface area contributed by atoms with Gasteiger partial charge in [-0.15, -0.1) is 10.2 Å². The molecular formula is C23H26F4N8O3. The van der Waals surface area contributed by atoms with E-state index in [2.05, 4.69) is 40.7 Å². The molecule has 0 aliphatic carbocycles. The highest BCUT2D eigenvalue weighted by Crippen LogP contribution is 2.41. The zero-order valence-electron chi connectivity index (χ0n) is 21.1. The van der Waals surface area contributed by atoms with E-state index < -0.39 is 41.4 Å². The summed E-state index contributed by atoms with van der Waals surface area (Å²) in [6, 6.07) is 1.63. The van der Waals surface area contributed by atoms with Gasteiger partial charge in [0.1, 0.15) is 29.1 Å². The van der Waals surface area contributed by atoms with E-state index in [0.29, 0.717) is 6.42 Å². The molecule has 1 aromatic carbocycles. The highest BCUT2D eigenvalue weighted by atomic mass is 19.4. The zero-order chi connectivity index (χ0) is 28.0. The number of nitrogens with one attached hydrogen (secondary N) is 2. The molecular weight excluding hydrogens is 512 g/mol. The Kier molecular flexibility index (Phi) is 6.76. The van der Waals surface area contributed by atoms with Gasteiger partial charge < -0.3 is 20.5 Å². The third kappa shape index (κ3) is 5.66. The number of anilines is 1. The number of rotatable bonds is 5.